The summed E-state index contributed by atoms with van der Waals surface area (Å²) >= 11 is 0. The molecule has 1 aliphatic rings. The van der Waals surface area contributed by atoms with Gasteiger partial charge in [-0.05, 0) is 58.1 Å². The van der Waals surface area contributed by atoms with E-state index in [1.165, 1.54) is 12.1 Å². The van der Waals surface area contributed by atoms with Crippen LogP contribution in [0.25, 0.3) is 0 Å². The summed E-state index contributed by atoms with van der Waals surface area (Å²) in [5.74, 6) is 0.0180. The molecular weight excluding hydrogens is 293 g/mol. The highest BCUT2D eigenvalue weighted by atomic mass is 19.1. The van der Waals surface area contributed by atoms with Gasteiger partial charge in [0.25, 0.3) is 0 Å². The zero-order valence-corrected chi connectivity index (χ0v) is 14.4. The SMILES string of the molecule is C[C@H]1C[C@@H](C(=O)N(CCN(C)C)Cc2cccc(F)c2)CCN1. The second kappa shape index (κ2) is 8.41. The zero-order chi connectivity index (χ0) is 16.8. The van der Waals surface area contributed by atoms with Gasteiger partial charge in [0.2, 0.25) is 5.91 Å². The van der Waals surface area contributed by atoms with Crippen LogP contribution in [-0.4, -0.2) is 55.5 Å². The van der Waals surface area contributed by atoms with E-state index in [2.05, 4.69) is 17.1 Å². The van der Waals surface area contributed by atoms with Crippen molar-refractivity contribution in [2.24, 2.45) is 5.92 Å². The van der Waals surface area contributed by atoms with Crippen molar-refractivity contribution < 1.29 is 9.18 Å². The Morgan fingerprint density at radius 1 is 1.35 bits per heavy atom. The van der Waals surface area contributed by atoms with Gasteiger partial charge >= 0.3 is 0 Å². The molecular formula is C18H28FN3O. The van der Waals surface area contributed by atoms with Crippen LogP contribution in [0.1, 0.15) is 25.3 Å². The first-order chi connectivity index (χ1) is 11.0. The molecule has 0 radical (unpaired) electrons. The van der Waals surface area contributed by atoms with E-state index in [1.54, 1.807) is 6.07 Å². The topological polar surface area (TPSA) is 35.6 Å². The summed E-state index contributed by atoms with van der Waals surface area (Å²) in [5.41, 5.74) is 0.846. The average molecular weight is 321 g/mol. The van der Waals surface area contributed by atoms with Crippen LogP contribution in [0.5, 0.6) is 0 Å². The fourth-order valence-electron chi connectivity index (χ4n) is 3.06. The molecule has 1 fully saturated rings. The predicted molar refractivity (Wildman–Crippen MR) is 90.6 cm³/mol. The fourth-order valence-corrected chi connectivity index (χ4v) is 3.06. The molecule has 23 heavy (non-hydrogen) atoms. The molecule has 2 rings (SSSR count). The molecule has 1 aromatic carbocycles. The molecule has 0 saturated carbocycles. The van der Waals surface area contributed by atoms with Crippen molar-refractivity contribution in [1.29, 1.82) is 0 Å². The van der Waals surface area contributed by atoms with Crippen LogP contribution in [0.2, 0.25) is 0 Å². The molecule has 1 aliphatic heterocycles. The Morgan fingerprint density at radius 3 is 2.78 bits per heavy atom. The summed E-state index contributed by atoms with van der Waals surface area (Å²) in [4.78, 5) is 16.9. The summed E-state index contributed by atoms with van der Waals surface area (Å²) in [6.07, 6.45) is 1.76. The molecule has 2 atom stereocenters. The standard InChI is InChI=1S/C18H28FN3O/c1-14-11-16(7-8-20-14)18(23)22(10-9-21(2)3)13-15-5-4-6-17(19)12-15/h4-6,12,14,16,20H,7-11,13H2,1-3H3/t14-,16-/m0/s1. The lowest BCUT2D eigenvalue weighted by Gasteiger charge is -2.33. The Morgan fingerprint density at radius 2 is 2.13 bits per heavy atom. The molecule has 0 unspecified atom stereocenters. The van der Waals surface area contributed by atoms with Crippen LogP contribution >= 0.6 is 0 Å². The maximum atomic E-state index is 13.4. The van der Waals surface area contributed by atoms with E-state index in [0.29, 0.717) is 19.1 Å². The average Bonchev–Trinajstić information content (AvgIpc) is 2.50. The fraction of sp³-hybridized carbons (Fsp3) is 0.611. The predicted octanol–water partition coefficient (Wildman–Crippen LogP) is 2.10. The highest BCUT2D eigenvalue weighted by molar-refractivity contribution is 5.79. The van der Waals surface area contributed by atoms with Gasteiger partial charge in [-0.25, -0.2) is 4.39 Å². The van der Waals surface area contributed by atoms with Gasteiger partial charge in [-0.2, -0.15) is 0 Å². The van der Waals surface area contributed by atoms with Crippen LogP contribution in [-0.2, 0) is 11.3 Å². The minimum absolute atomic E-state index is 0.0713. The van der Waals surface area contributed by atoms with Crippen molar-refractivity contribution in [3.8, 4) is 0 Å². The van der Waals surface area contributed by atoms with Gasteiger partial charge in [-0.15, -0.1) is 0 Å². The number of likely N-dealkylation sites (N-methyl/N-ethyl adjacent to an activating group) is 1. The van der Waals surface area contributed by atoms with E-state index in [-0.39, 0.29) is 17.6 Å². The lowest BCUT2D eigenvalue weighted by molar-refractivity contribution is -0.137. The first-order valence-electron chi connectivity index (χ1n) is 8.37. The first kappa shape index (κ1) is 17.9. The molecule has 1 amide bonds. The van der Waals surface area contributed by atoms with E-state index in [4.69, 9.17) is 0 Å². The van der Waals surface area contributed by atoms with E-state index in [0.717, 1.165) is 31.5 Å². The number of carbonyl (C=O) groups is 1. The van der Waals surface area contributed by atoms with Crippen molar-refractivity contribution in [3.63, 3.8) is 0 Å². The molecule has 4 nitrogen and oxygen atoms in total. The van der Waals surface area contributed by atoms with Gasteiger partial charge in [0.1, 0.15) is 5.82 Å². The van der Waals surface area contributed by atoms with Gasteiger partial charge in [0, 0.05) is 31.6 Å². The quantitative estimate of drug-likeness (QED) is 0.872. The van der Waals surface area contributed by atoms with Crippen molar-refractivity contribution >= 4 is 5.91 Å². The lowest BCUT2D eigenvalue weighted by atomic mass is 9.92. The Balaban J connectivity index is 2.07. The van der Waals surface area contributed by atoms with Crippen molar-refractivity contribution in [2.75, 3.05) is 33.7 Å². The van der Waals surface area contributed by atoms with E-state index >= 15 is 0 Å². The van der Waals surface area contributed by atoms with E-state index in [1.807, 2.05) is 25.1 Å². The molecule has 5 heteroatoms. The molecule has 0 bridgehead atoms. The third-order valence-electron chi connectivity index (χ3n) is 4.36. The minimum Gasteiger partial charge on any atom is -0.337 e. The number of halogens is 1. The Bertz CT molecular complexity index is 521. The maximum Gasteiger partial charge on any atom is 0.226 e. The largest absolute Gasteiger partial charge is 0.337 e. The minimum atomic E-state index is -0.252. The molecule has 1 aromatic rings. The normalized spacial score (nSPS) is 21.4. The Kier molecular flexibility index (Phi) is 6.54. The van der Waals surface area contributed by atoms with Crippen LogP contribution in [0.4, 0.5) is 4.39 Å². The van der Waals surface area contributed by atoms with Crippen molar-refractivity contribution in [1.82, 2.24) is 15.1 Å². The number of hydrogen-bond donors (Lipinski definition) is 1. The highest BCUT2D eigenvalue weighted by Gasteiger charge is 2.28. The third kappa shape index (κ3) is 5.59. The summed E-state index contributed by atoms with van der Waals surface area (Å²) in [6, 6.07) is 6.91. The second-order valence-corrected chi connectivity index (χ2v) is 6.77. The molecule has 0 spiro atoms. The molecule has 128 valence electrons. The van der Waals surface area contributed by atoms with Gasteiger partial charge in [0.15, 0.2) is 0 Å². The van der Waals surface area contributed by atoms with Crippen LogP contribution in [0, 0.1) is 11.7 Å². The summed E-state index contributed by atoms with van der Waals surface area (Å²) in [6.45, 7) is 4.96. The molecule has 1 heterocycles. The number of carbonyl (C=O) groups excluding carboxylic acids is 1. The van der Waals surface area contributed by atoms with E-state index in [9.17, 15) is 9.18 Å². The number of nitrogens with zero attached hydrogens (tertiary/aromatic N) is 2. The van der Waals surface area contributed by atoms with Crippen LogP contribution < -0.4 is 5.32 Å². The molecule has 1 N–H and O–H groups in total. The number of nitrogens with one attached hydrogen (secondary N) is 1. The lowest BCUT2D eigenvalue weighted by Crippen LogP contribution is -2.45. The number of amides is 1. The Hall–Kier alpha value is -1.46. The number of piperidine rings is 1. The first-order valence-corrected chi connectivity index (χ1v) is 8.37. The zero-order valence-electron chi connectivity index (χ0n) is 14.4. The van der Waals surface area contributed by atoms with Crippen LogP contribution in [0.3, 0.4) is 0 Å². The van der Waals surface area contributed by atoms with Gasteiger partial charge in [0.05, 0.1) is 0 Å². The summed E-state index contributed by atoms with van der Waals surface area (Å²) in [5, 5.41) is 3.38. The smallest absolute Gasteiger partial charge is 0.226 e. The molecule has 1 saturated heterocycles. The summed E-state index contributed by atoms with van der Waals surface area (Å²) in [7, 11) is 3.99. The van der Waals surface area contributed by atoms with E-state index < -0.39 is 0 Å². The van der Waals surface area contributed by atoms with Gasteiger partial charge < -0.3 is 15.1 Å². The molecule has 0 aromatic heterocycles. The maximum absolute atomic E-state index is 13.4. The second-order valence-electron chi connectivity index (χ2n) is 6.77. The third-order valence-corrected chi connectivity index (χ3v) is 4.36. The molecule has 0 aliphatic carbocycles. The van der Waals surface area contributed by atoms with Gasteiger partial charge in [-0.1, -0.05) is 12.1 Å². The summed E-state index contributed by atoms with van der Waals surface area (Å²) < 4.78 is 13.4. The Labute approximate surface area is 138 Å². The number of hydrogen-bond acceptors (Lipinski definition) is 3. The van der Waals surface area contributed by atoms with Crippen LogP contribution in [0.15, 0.2) is 24.3 Å². The van der Waals surface area contributed by atoms with Crippen molar-refractivity contribution in [3.05, 3.63) is 35.6 Å². The monoisotopic (exact) mass is 321 g/mol. The number of benzene rings is 1. The number of rotatable bonds is 6. The van der Waals surface area contributed by atoms with Crippen molar-refractivity contribution in [2.45, 2.75) is 32.4 Å². The highest BCUT2D eigenvalue weighted by Crippen LogP contribution is 2.20. The van der Waals surface area contributed by atoms with Gasteiger partial charge in [-0.3, -0.25) is 4.79 Å².